The predicted molar refractivity (Wildman–Crippen MR) is 263 cm³/mol. The van der Waals surface area contributed by atoms with Gasteiger partial charge in [0.1, 0.15) is 48.8 Å². The summed E-state index contributed by atoms with van der Waals surface area (Å²) in [6, 6.07) is -0.933. The molecule has 9 N–H and O–H groups in total. The Hall–Kier alpha value is -1.79. The summed E-state index contributed by atoms with van der Waals surface area (Å²) in [5.41, 5.74) is 0. The maximum absolute atomic E-state index is 13.1. The molecule has 0 aromatic heterocycles. The minimum Gasteiger partial charge on any atom is -0.394 e. The maximum Gasteiger partial charge on any atom is 0.220 e. The van der Waals surface area contributed by atoms with Gasteiger partial charge in [-0.25, -0.2) is 0 Å². The van der Waals surface area contributed by atoms with Crippen LogP contribution < -0.4 is 5.32 Å². The minimum atomic E-state index is -1.79. The Balaban J connectivity index is 1.81. The summed E-state index contributed by atoms with van der Waals surface area (Å²) in [5, 5.41) is 86.7. The molecule has 1 amide bonds. The van der Waals surface area contributed by atoms with E-state index in [1.807, 2.05) is 6.08 Å². The number of ether oxygens (including phenoxy) is 4. The van der Waals surface area contributed by atoms with Crippen molar-refractivity contribution in [2.24, 2.45) is 0 Å². The van der Waals surface area contributed by atoms with E-state index in [4.69, 9.17) is 18.9 Å². The first kappa shape index (κ1) is 61.3. The third-order valence-corrected chi connectivity index (χ3v) is 13.1. The lowest BCUT2D eigenvalue weighted by Crippen LogP contribution is -2.65. The van der Waals surface area contributed by atoms with Gasteiger partial charge in [-0.05, 0) is 44.9 Å². The normalized spacial score (nSPS) is 26.8. The molecule has 14 heteroatoms. The van der Waals surface area contributed by atoms with Gasteiger partial charge in [0.05, 0.1) is 32.0 Å². The third kappa shape index (κ3) is 26.8. The highest BCUT2D eigenvalue weighted by atomic mass is 16.7. The van der Waals surface area contributed by atoms with E-state index in [1.54, 1.807) is 6.08 Å². The number of rotatable bonds is 41. The van der Waals surface area contributed by atoms with Gasteiger partial charge < -0.3 is 65.1 Å². The van der Waals surface area contributed by atoms with E-state index in [1.165, 1.54) is 122 Å². The van der Waals surface area contributed by atoms with Crippen LogP contribution in [-0.4, -0.2) is 140 Å². The second-order valence-electron chi connectivity index (χ2n) is 19.0. The fraction of sp³-hybridized carbons (Fsp3) is 0.868. The lowest BCUT2D eigenvalue weighted by Gasteiger charge is -2.46. The van der Waals surface area contributed by atoms with Crippen molar-refractivity contribution in [1.29, 1.82) is 0 Å². The fourth-order valence-corrected chi connectivity index (χ4v) is 8.68. The van der Waals surface area contributed by atoms with E-state index >= 15 is 0 Å². The van der Waals surface area contributed by atoms with Crippen LogP contribution >= 0.6 is 0 Å². The Bertz CT molecular complexity index is 1270. The number of hydrogen-bond acceptors (Lipinski definition) is 13. The zero-order valence-electron chi connectivity index (χ0n) is 41.6. The molecule has 2 aliphatic rings. The largest absolute Gasteiger partial charge is 0.394 e. The van der Waals surface area contributed by atoms with Gasteiger partial charge in [-0.2, -0.15) is 0 Å². The monoisotopic (exact) mass is 956 g/mol. The Morgan fingerprint density at radius 3 is 1.46 bits per heavy atom. The second kappa shape index (κ2) is 39.9. The molecule has 14 nitrogen and oxygen atoms in total. The zero-order chi connectivity index (χ0) is 48.9. The van der Waals surface area contributed by atoms with Crippen molar-refractivity contribution < 1.29 is 64.6 Å². The third-order valence-electron chi connectivity index (χ3n) is 13.1. The molecule has 2 heterocycles. The van der Waals surface area contributed by atoms with E-state index in [0.717, 1.165) is 44.9 Å². The van der Waals surface area contributed by atoms with Crippen LogP contribution in [0.25, 0.3) is 0 Å². The smallest absolute Gasteiger partial charge is 0.220 e. The van der Waals surface area contributed by atoms with Crippen LogP contribution in [0, 0.1) is 0 Å². The minimum absolute atomic E-state index is 0.256. The molecule has 0 aliphatic carbocycles. The summed E-state index contributed by atoms with van der Waals surface area (Å²) in [6.07, 6.45) is 29.2. The molecule has 2 saturated heterocycles. The van der Waals surface area contributed by atoms with Gasteiger partial charge in [0, 0.05) is 6.42 Å². The molecule has 12 unspecified atom stereocenters. The highest BCUT2D eigenvalue weighted by Crippen LogP contribution is 2.30. The maximum atomic E-state index is 13.1. The van der Waals surface area contributed by atoms with Gasteiger partial charge in [-0.15, -0.1) is 0 Å². The SMILES string of the molecule is CCCCCCCCCCCCCCC/C=C/CC/C=C/CC/C=C/C(O)C(COC1OC(CO)C(OC2OC(CO)C(O)C(O)C2O)C(O)C1O)NC(=O)CCCCCCCCCCCC. The topological polar surface area (TPSA) is 228 Å². The molecule has 0 aromatic carbocycles. The Morgan fingerprint density at radius 1 is 0.522 bits per heavy atom. The summed E-state index contributed by atoms with van der Waals surface area (Å²) in [7, 11) is 0. The van der Waals surface area contributed by atoms with Crippen molar-refractivity contribution in [2.75, 3.05) is 19.8 Å². The van der Waals surface area contributed by atoms with Crippen LogP contribution in [0.15, 0.2) is 36.5 Å². The lowest BCUT2D eigenvalue weighted by molar-refractivity contribution is -0.359. The fourth-order valence-electron chi connectivity index (χ4n) is 8.68. The molecule has 2 rings (SSSR count). The summed E-state index contributed by atoms with van der Waals surface area (Å²) in [4.78, 5) is 13.1. The molecule has 67 heavy (non-hydrogen) atoms. The van der Waals surface area contributed by atoms with Gasteiger partial charge >= 0.3 is 0 Å². The molecule has 0 radical (unpaired) electrons. The number of carbonyl (C=O) groups excluding carboxylic acids is 1. The van der Waals surface area contributed by atoms with Gasteiger partial charge in [0.2, 0.25) is 5.91 Å². The van der Waals surface area contributed by atoms with Crippen molar-refractivity contribution in [1.82, 2.24) is 5.32 Å². The number of nitrogens with one attached hydrogen (secondary N) is 1. The van der Waals surface area contributed by atoms with Crippen LogP contribution in [0.5, 0.6) is 0 Å². The van der Waals surface area contributed by atoms with Gasteiger partial charge in [0.25, 0.3) is 0 Å². The molecule has 2 aliphatic heterocycles. The van der Waals surface area contributed by atoms with Crippen LogP contribution in [0.2, 0.25) is 0 Å². The average molecular weight is 956 g/mol. The molecule has 0 aromatic rings. The van der Waals surface area contributed by atoms with E-state index in [2.05, 4.69) is 43.5 Å². The van der Waals surface area contributed by atoms with Crippen molar-refractivity contribution in [2.45, 2.75) is 274 Å². The number of amides is 1. The first-order chi connectivity index (χ1) is 32.6. The van der Waals surface area contributed by atoms with E-state index in [0.29, 0.717) is 12.8 Å². The molecular formula is C53H97NO13. The summed E-state index contributed by atoms with van der Waals surface area (Å²) in [6.45, 7) is 2.74. The first-order valence-corrected chi connectivity index (χ1v) is 26.7. The van der Waals surface area contributed by atoms with Gasteiger partial charge in [0.15, 0.2) is 12.6 Å². The summed E-state index contributed by atoms with van der Waals surface area (Å²) in [5.74, 6) is -0.256. The molecule has 12 atom stereocenters. The Labute approximate surface area is 404 Å². The Kier molecular flexibility index (Phi) is 36.5. The first-order valence-electron chi connectivity index (χ1n) is 26.7. The number of aliphatic hydroxyl groups excluding tert-OH is 8. The second-order valence-corrected chi connectivity index (χ2v) is 19.0. The van der Waals surface area contributed by atoms with Crippen molar-refractivity contribution in [3.63, 3.8) is 0 Å². The number of allylic oxidation sites excluding steroid dienone is 5. The summed E-state index contributed by atoms with van der Waals surface area (Å²) >= 11 is 0. The average Bonchev–Trinajstić information content (AvgIpc) is 3.32. The number of hydrogen-bond donors (Lipinski definition) is 9. The number of unbranched alkanes of at least 4 members (excludes halogenated alkanes) is 24. The quantitative estimate of drug-likeness (QED) is 0.0214. The summed E-state index contributed by atoms with van der Waals surface area (Å²) < 4.78 is 22.7. The van der Waals surface area contributed by atoms with Gasteiger partial charge in [-0.1, -0.05) is 185 Å². The van der Waals surface area contributed by atoms with Crippen LogP contribution in [0.3, 0.4) is 0 Å². The van der Waals surface area contributed by atoms with Crippen molar-refractivity contribution >= 4 is 5.91 Å². The molecule has 2 fully saturated rings. The van der Waals surface area contributed by atoms with Crippen molar-refractivity contribution in [3.05, 3.63) is 36.5 Å². The van der Waals surface area contributed by atoms with Gasteiger partial charge in [-0.3, -0.25) is 4.79 Å². The molecule has 0 spiro atoms. The van der Waals surface area contributed by atoms with E-state index in [-0.39, 0.29) is 18.9 Å². The molecule has 0 bridgehead atoms. The van der Waals surface area contributed by atoms with Crippen LogP contribution in [0.4, 0.5) is 0 Å². The number of carbonyl (C=O) groups is 1. The van der Waals surface area contributed by atoms with Crippen LogP contribution in [0.1, 0.15) is 200 Å². The Morgan fingerprint density at radius 2 is 0.955 bits per heavy atom. The predicted octanol–water partition coefficient (Wildman–Crippen LogP) is 7.49. The zero-order valence-corrected chi connectivity index (χ0v) is 41.6. The molecular weight excluding hydrogens is 859 g/mol. The highest BCUT2D eigenvalue weighted by molar-refractivity contribution is 5.76. The van der Waals surface area contributed by atoms with Crippen LogP contribution in [-0.2, 0) is 23.7 Å². The standard InChI is InChI=1S/C53H97NO13/c1-3-5-7-9-11-13-15-16-17-18-19-20-21-22-23-24-25-26-27-28-30-32-34-36-42(57)41(54-45(58)37-35-33-31-29-14-12-10-8-6-4-2)40-64-52-50(63)48(61)51(44(39-56)66-52)67-53-49(62)47(60)46(59)43(38-55)65-53/h23-24,27-28,34,36,41-44,46-53,55-57,59-63H,3-22,25-26,29-33,35,37-40H2,1-2H3,(H,54,58)/b24-23+,28-27+,36-34+. The van der Waals surface area contributed by atoms with Crippen molar-refractivity contribution in [3.8, 4) is 0 Å². The van der Waals surface area contributed by atoms with E-state index < -0.39 is 86.8 Å². The van der Waals surface area contributed by atoms with E-state index in [9.17, 15) is 45.6 Å². The number of aliphatic hydroxyl groups is 8. The molecule has 0 saturated carbocycles. The lowest BCUT2D eigenvalue weighted by atomic mass is 9.97. The molecule has 392 valence electrons. The highest BCUT2D eigenvalue weighted by Gasteiger charge is 2.51.